The van der Waals surface area contributed by atoms with Gasteiger partial charge < -0.3 is 24.2 Å². The van der Waals surface area contributed by atoms with Crippen LogP contribution in [-0.2, 0) is 21.1 Å². The average molecular weight is 702 g/mol. The van der Waals surface area contributed by atoms with Gasteiger partial charge >= 0.3 is 21.1 Å². The van der Waals surface area contributed by atoms with Gasteiger partial charge in [0.15, 0.2) is 0 Å². The molecule has 0 radical (unpaired) electrons. The summed E-state index contributed by atoms with van der Waals surface area (Å²) in [5.74, 6) is 0. The van der Waals surface area contributed by atoms with Crippen molar-refractivity contribution in [3.05, 3.63) is 178 Å². The first-order chi connectivity index (χ1) is 21.0. The number of rotatable bonds is 7. The van der Waals surface area contributed by atoms with Crippen molar-refractivity contribution in [3.8, 4) is 0 Å². The van der Waals surface area contributed by atoms with Crippen molar-refractivity contribution in [3.63, 3.8) is 0 Å². The fourth-order valence-corrected chi connectivity index (χ4v) is 9.92. The van der Waals surface area contributed by atoms with Crippen LogP contribution in [0.3, 0.4) is 0 Å². The van der Waals surface area contributed by atoms with E-state index in [0.29, 0.717) is 0 Å². The van der Waals surface area contributed by atoms with Crippen molar-refractivity contribution < 1.29 is 21.1 Å². The molecule has 0 aromatic heterocycles. The monoisotopic (exact) mass is 703 g/mol. The molecule has 0 heterocycles. The number of nitrogens with zero attached hydrogens (tertiary/aromatic N) is 5. The van der Waals surface area contributed by atoms with Gasteiger partial charge in [0.05, 0.1) is 37.1 Å². The van der Waals surface area contributed by atoms with Crippen LogP contribution in [0, 0.1) is 32.9 Å². The summed E-state index contributed by atoms with van der Waals surface area (Å²) in [7, 11) is 5.52. The van der Waals surface area contributed by atoms with E-state index in [9.17, 15) is 0 Å². The smallest absolute Gasteiger partial charge is 0.320 e. The van der Waals surface area contributed by atoms with Crippen LogP contribution in [0.15, 0.2) is 121 Å². The van der Waals surface area contributed by atoms with Gasteiger partial charge in [0.25, 0.3) is 0 Å². The summed E-state index contributed by atoms with van der Waals surface area (Å²) >= 11 is 0. The van der Waals surface area contributed by atoms with E-state index in [1.807, 2.05) is 0 Å². The Kier molecular flexibility index (Phi) is 33.6. The number of hydrogen-bond donors (Lipinski definition) is 0. The van der Waals surface area contributed by atoms with Gasteiger partial charge in [-0.1, -0.05) is 72.8 Å². The molecule has 0 fully saturated rings. The summed E-state index contributed by atoms with van der Waals surface area (Å²) in [6.45, 7) is 29.2. The molecule has 0 saturated heterocycles. The second kappa shape index (κ2) is 33.4. The maximum Gasteiger partial charge on any atom is 2.00 e. The largest absolute Gasteiger partial charge is 2.00 e. The Morgan fingerprint density at radius 2 is 0.500 bits per heavy atom. The zero-order chi connectivity index (χ0) is 32.6. The van der Waals surface area contributed by atoms with Crippen LogP contribution < -0.4 is 21.2 Å². The van der Waals surface area contributed by atoms with E-state index < -0.39 is 15.8 Å². The summed E-state index contributed by atoms with van der Waals surface area (Å²) < 4.78 is 0. The van der Waals surface area contributed by atoms with Gasteiger partial charge in [-0.15, -0.1) is 0 Å². The second-order valence-electron chi connectivity index (χ2n) is 8.04. The molecule has 0 amide bonds. The van der Waals surface area contributed by atoms with Crippen LogP contribution >= 0.6 is 15.8 Å². The van der Waals surface area contributed by atoms with E-state index in [1.54, 1.807) is 0 Å². The van der Waals surface area contributed by atoms with Gasteiger partial charge in [-0.3, -0.25) is 0 Å². The molecular weight excluding hydrogens is 660 g/mol. The Morgan fingerprint density at radius 3 is 0.636 bits per heavy atom. The van der Waals surface area contributed by atoms with Gasteiger partial charge in [0.2, 0.25) is 35.2 Å². The molecule has 0 unspecified atom stereocenters. The Labute approximate surface area is 282 Å². The number of hydrogen-bond acceptors (Lipinski definition) is 0. The standard InChI is InChI=1S/C26H24P2.5C2H3N.Mo/c1-5-13-23(14-6-1)27(24-15-7-2-8-16-24)21-22-28(25-17-9-3-10-18-25)26-19-11-4-12-20-26;5*1-3-2;/h1-20H,21-22H2;5*1H3;/q;;;;;;+2/p+2. The first-order valence-corrected chi connectivity index (χ1v) is 16.6. The molecule has 44 heavy (non-hydrogen) atoms. The maximum absolute atomic E-state index is 5.83. The van der Waals surface area contributed by atoms with E-state index in [-0.39, 0.29) is 21.1 Å². The van der Waals surface area contributed by atoms with Crippen LogP contribution in [0.5, 0.6) is 0 Å². The fourth-order valence-electron chi connectivity index (χ4n) is 3.72. The van der Waals surface area contributed by atoms with Gasteiger partial charge in [-0.2, -0.15) is 0 Å². The molecule has 0 saturated carbocycles. The summed E-state index contributed by atoms with van der Waals surface area (Å²) in [4.78, 5) is 13.8. The first-order valence-electron chi connectivity index (χ1n) is 13.2. The van der Waals surface area contributed by atoms with Crippen molar-refractivity contribution in [1.29, 1.82) is 0 Å². The van der Waals surface area contributed by atoms with Crippen LogP contribution in [0.4, 0.5) is 0 Å². The van der Waals surface area contributed by atoms with Crippen LogP contribution in [0.1, 0.15) is 0 Å². The topological polar surface area (TPSA) is 21.8 Å². The third-order valence-electron chi connectivity index (χ3n) is 5.11. The zero-order valence-electron chi connectivity index (χ0n) is 26.1. The molecule has 4 aromatic carbocycles. The second-order valence-corrected chi connectivity index (χ2v) is 13.3. The Bertz CT molecular complexity index is 1190. The zero-order valence-corrected chi connectivity index (χ0v) is 30.1. The molecule has 0 bridgehead atoms. The van der Waals surface area contributed by atoms with E-state index in [2.05, 4.69) is 146 Å². The Morgan fingerprint density at radius 1 is 0.364 bits per heavy atom. The minimum atomic E-state index is -0.783. The van der Waals surface area contributed by atoms with Crippen LogP contribution in [-0.4, -0.2) is 47.6 Å². The summed E-state index contributed by atoms with van der Waals surface area (Å²) in [6, 6.07) is 44.5. The van der Waals surface area contributed by atoms with Crippen molar-refractivity contribution in [1.82, 2.24) is 0 Å². The SMILES string of the molecule is [C-]#[N+]C.[C-]#[N+]C.[C-]#[N+]C.[C-]#[N+]C.[C-]#[N+]C.[Mo+2].c1ccc([PH+](CC[PH+](c2ccccc2)c2ccccc2)c2ccccc2)cc1. The normalized spacial score (nSPS) is 7.95. The predicted molar refractivity (Wildman–Crippen MR) is 193 cm³/mol. The molecule has 8 heteroatoms. The van der Waals surface area contributed by atoms with Gasteiger partial charge in [-0.05, 0) is 48.5 Å². The summed E-state index contributed by atoms with van der Waals surface area (Å²) in [5.41, 5.74) is 0. The molecule has 0 aliphatic heterocycles. The molecule has 0 N–H and O–H groups in total. The van der Waals surface area contributed by atoms with Gasteiger partial charge in [0, 0.05) is 0 Å². The van der Waals surface area contributed by atoms with Crippen molar-refractivity contribution in [2.45, 2.75) is 0 Å². The van der Waals surface area contributed by atoms with E-state index >= 15 is 0 Å². The van der Waals surface area contributed by atoms with Crippen molar-refractivity contribution in [2.75, 3.05) is 47.6 Å². The van der Waals surface area contributed by atoms with Crippen molar-refractivity contribution >= 4 is 37.1 Å². The van der Waals surface area contributed by atoms with Crippen LogP contribution in [0.2, 0.25) is 0 Å². The molecule has 222 valence electrons. The third-order valence-corrected chi connectivity index (χ3v) is 11.2. The summed E-state index contributed by atoms with van der Waals surface area (Å²) in [6.07, 6.45) is 2.52. The van der Waals surface area contributed by atoms with E-state index in [0.717, 1.165) is 0 Å². The molecule has 4 aromatic rings. The third kappa shape index (κ3) is 21.6. The fraction of sp³-hybridized carbons (Fsp3) is 0.194. The summed E-state index contributed by atoms with van der Waals surface area (Å²) in [5, 5.41) is 6.06. The molecule has 0 atom stereocenters. The Hall–Kier alpha value is -4.12. The first kappa shape index (κ1) is 44.3. The number of benzene rings is 4. The quantitative estimate of drug-likeness (QED) is 0.109. The molecule has 5 nitrogen and oxygen atoms in total. The molecule has 0 spiro atoms. The molecule has 0 aliphatic carbocycles. The molecule has 4 rings (SSSR count). The minimum Gasteiger partial charge on any atom is -0.320 e. The van der Waals surface area contributed by atoms with E-state index in [4.69, 9.17) is 32.9 Å². The van der Waals surface area contributed by atoms with Gasteiger partial charge in [-0.25, -0.2) is 32.9 Å². The van der Waals surface area contributed by atoms with Gasteiger partial charge in [0.1, 0.15) is 12.3 Å². The molecule has 0 aliphatic rings. The average Bonchev–Trinajstić information content (AvgIpc) is 3.03. The maximum atomic E-state index is 5.83. The molecular formula is C36H41MoN5P2+4. The van der Waals surface area contributed by atoms with Crippen LogP contribution in [0.25, 0.3) is 24.2 Å². The van der Waals surface area contributed by atoms with E-state index in [1.165, 1.54) is 68.8 Å². The van der Waals surface area contributed by atoms with Crippen molar-refractivity contribution in [2.24, 2.45) is 0 Å². The predicted octanol–water partition coefficient (Wildman–Crippen LogP) is 7.39. The Balaban J connectivity index is -0.000000894. The minimum absolute atomic E-state index is 0.